The molecule has 1 N–H and O–H groups in total. The first-order valence-electron chi connectivity index (χ1n) is 9.07. The lowest BCUT2D eigenvalue weighted by molar-refractivity contribution is -0.110. The molecule has 0 aliphatic heterocycles. The molecule has 3 aromatic rings. The van der Waals surface area contributed by atoms with Gasteiger partial charge in [0.25, 0.3) is 0 Å². The predicted octanol–water partition coefficient (Wildman–Crippen LogP) is 5.58. The topological polar surface area (TPSA) is 46.5 Å². The summed E-state index contributed by atoms with van der Waals surface area (Å²) >= 11 is 0. The number of phenolic OH excluding ortho intramolecular Hbond substituents is 1. The van der Waals surface area contributed by atoms with E-state index in [0.717, 1.165) is 28.0 Å². The van der Waals surface area contributed by atoms with Gasteiger partial charge in [-0.25, -0.2) is 0 Å². The van der Waals surface area contributed by atoms with Crippen LogP contribution in [0.3, 0.4) is 0 Å². The van der Waals surface area contributed by atoms with Crippen LogP contribution in [0.4, 0.5) is 0 Å². The highest BCUT2D eigenvalue weighted by Crippen LogP contribution is 2.18. The van der Waals surface area contributed by atoms with Crippen LogP contribution in [0.25, 0.3) is 12.2 Å². The zero-order chi connectivity index (χ0) is 19.8. The van der Waals surface area contributed by atoms with Gasteiger partial charge in [0.2, 0.25) is 0 Å². The molecule has 0 amide bonds. The minimum atomic E-state index is -0.126. The van der Waals surface area contributed by atoms with Crippen LogP contribution in [-0.2, 0) is 11.4 Å². The Bertz CT molecular complexity index is 1000. The average molecular weight is 370 g/mol. The average Bonchev–Trinajstić information content (AvgIpc) is 2.73. The fraction of sp³-hybridized carbons (Fsp3) is 0.0800. The van der Waals surface area contributed by atoms with Crippen molar-refractivity contribution in [3.8, 4) is 11.5 Å². The summed E-state index contributed by atoms with van der Waals surface area (Å²) in [6.45, 7) is 2.26. The molecule has 3 nitrogen and oxygen atoms in total. The number of hydrogen-bond acceptors (Lipinski definition) is 3. The molecular formula is C25H22O3. The Morgan fingerprint density at radius 3 is 2.43 bits per heavy atom. The van der Waals surface area contributed by atoms with Crippen LogP contribution in [0.2, 0.25) is 0 Å². The number of benzene rings is 3. The van der Waals surface area contributed by atoms with Gasteiger partial charge in [0.05, 0.1) is 0 Å². The molecule has 3 heteroatoms. The number of ketones is 1. The summed E-state index contributed by atoms with van der Waals surface area (Å²) in [6.07, 6.45) is 6.51. The number of phenols is 1. The summed E-state index contributed by atoms with van der Waals surface area (Å²) in [6, 6.07) is 22.8. The van der Waals surface area contributed by atoms with Crippen molar-refractivity contribution in [1.82, 2.24) is 0 Å². The molecule has 0 heterocycles. The SMILES string of the molecule is Cc1ccc(C=CC(=O)C=Cc2ccccc2COc2ccccc2)cc1O. The number of aromatic hydroxyl groups is 1. The van der Waals surface area contributed by atoms with Gasteiger partial charge in [0, 0.05) is 0 Å². The first-order chi connectivity index (χ1) is 13.6. The van der Waals surface area contributed by atoms with Crippen LogP contribution in [0.1, 0.15) is 22.3 Å². The molecule has 140 valence electrons. The lowest BCUT2D eigenvalue weighted by Crippen LogP contribution is -1.97. The summed E-state index contributed by atoms with van der Waals surface area (Å²) in [5.41, 5.74) is 3.52. The summed E-state index contributed by atoms with van der Waals surface area (Å²) in [4.78, 5) is 12.2. The van der Waals surface area contributed by atoms with Crippen molar-refractivity contribution in [2.75, 3.05) is 0 Å². The fourth-order valence-corrected chi connectivity index (χ4v) is 2.64. The normalized spacial score (nSPS) is 11.2. The van der Waals surface area contributed by atoms with Crippen molar-refractivity contribution < 1.29 is 14.6 Å². The van der Waals surface area contributed by atoms with Gasteiger partial charge in [-0.1, -0.05) is 66.7 Å². The Morgan fingerprint density at radius 2 is 1.64 bits per heavy atom. The van der Waals surface area contributed by atoms with E-state index in [1.54, 1.807) is 18.2 Å². The molecule has 0 spiro atoms. The van der Waals surface area contributed by atoms with E-state index in [1.807, 2.05) is 73.7 Å². The van der Waals surface area contributed by atoms with Crippen LogP contribution in [0.5, 0.6) is 11.5 Å². The smallest absolute Gasteiger partial charge is 0.178 e. The standard InChI is InChI=1S/C25H22O3/c1-19-11-12-20(17-25(19)27)13-15-23(26)16-14-21-7-5-6-8-22(21)18-28-24-9-3-2-4-10-24/h2-17,27H,18H2,1H3. The van der Waals surface area contributed by atoms with Crippen molar-refractivity contribution in [2.45, 2.75) is 13.5 Å². The molecule has 0 unspecified atom stereocenters. The molecule has 0 fully saturated rings. The third-order valence-corrected chi connectivity index (χ3v) is 4.29. The number of allylic oxidation sites excluding steroid dienone is 2. The highest BCUT2D eigenvalue weighted by molar-refractivity contribution is 6.04. The first kappa shape index (κ1) is 19.2. The molecule has 0 radical (unpaired) electrons. The van der Waals surface area contributed by atoms with E-state index in [4.69, 9.17) is 4.74 Å². The van der Waals surface area contributed by atoms with Crippen LogP contribution >= 0.6 is 0 Å². The first-order valence-corrected chi connectivity index (χ1v) is 9.07. The third-order valence-electron chi connectivity index (χ3n) is 4.29. The van der Waals surface area contributed by atoms with Gasteiger partial charge in [-0.3, -0.25) is 4.79 Å². The zero-order valence-electron chi connectivity index (χ0n) is 15.7. The number of carbonyl (C=O) groups is 1. The molecule has 0 saturated carbocycles. The molecule has 3 rings (SSSR count). The Hall–Kier alpha value is -3.59. The minimum absolute atomic E-state index is 0.126. The van der Waals surface area contributed by atoms with E-state index in [2.05, 4.69) is 0 Å². The number of hydrogen-bond donors (Lipinski definition) is 1. The molecule has 0 bridgehead atoms. The van der Waals surface area contributed by atoms with Gasteiger partial charge in [-0.2, -0.15) is 0 Å². The van der Waals surface area contributed by atoms with Crippen molar-refractivity contribution in [3.05, 3.63) is 107 Å². The predicted molar refractivity (Wildman–Crippen MR) is 113 cm³/mol. The Morgan fingerprint density at radius 1 is 0.929 bits per heavy atom. The summed E-state index contributed by atoms with van der Waals surface area (Å²) in [7, 11) is 0. The lowest BCUT2D eigenvalue weighted by atomic mass is 10.1. The molecule has 3 aromatic carbocycles. The van der Waals surface area contributed by atoms with E-state index in [1.165, 1.54) is 12.2 Å². The van der Waals surface area contributed by atoms with Gasteiger partial charge in [-0.05, 0) is 59.5 Å². The lowest BCUT2D eigenvalue weighted by Gasteiger charge is -2.08. The molecule has 28 heavy (non-hydrogen) atoms. The summed E-state index contributed by atoms with van der Waals surface area (Å²) in [5, 5.41) is 9.74. The van der Waals surface area contributed by atoms with Crippen molar-refractivity contribution in [3.63, 3.8) is 0 Å². The van der Waals surface area contributed by atoms with Crippen LogP contribution < -0.4 is 4.74 Å². The maximum atomic E-state index is 12.2. The molecule has 0 saturated heterocycles. The van der Waals surface area contributed by atoms with Gasteiger partial charge >= 0.3 is 0 Å². The summed E-state index contributed by atoms with van der Waals surface area (Å²) < 4.78 is 5.81. The second-order valence-corrected chi connectivity index (χ2v) is 6.42. The maximum Gasteiger partial charge on any atom is 0.178 e. The molecule has 0 aliphatic rings. The Balaban J connectivity index is 1.65. The minimum Gasteiger partial charge on any atom is -0.508 e. The Kier molecular flexibility index (Phi) is 6.42. The van der Waals surface area contributed by atoms with Gasteiger partial charge in [0.1, 0.15) is 18.1 Å². The quantitative estimate of drug-likeness (QED) is 0.553. The maximum absolute atomic E-state index is 12.2. The zero-order valence-corrected chi connectivity index (χ0v) is 15.7. The molecular weight excluding hydrogens is 348 g/mol. The summed E-state index contributed by atoms with van der Waals surface area (Å²) in [5.74, 6) is 0.901. The van der Waals surface area contributed by atoms with Crippen LogP contribution in [0, 0.1) is 6.92 Å². The second-order valence-electron chi connectivity index (χ2n) is 6.42. The highest BCUT2D eigenvalue weighted by Gasteiger charge is 2.01. The highest BCUT2D eigenvalue weighted by atomic mass is 16.5. The van der Waals surface area contributed by atoms with Crippen LogP contribution in [-0.4, -0.2) is 10.9 Å². The largest absolute Gasteiger partial charge is 0.508 e. The van der Waals surface area contributed by atoms with E-state index in [9.17, 15) is 9.90 Å². The van der Waals surface area contributed by atoms with Gasteiger partial charge < -0.3 is 9.84 Å². The molecule has 0 atom stereocenters. The number of ether oxygens (including phenoxy) is 1. The van der Waals surface area contributed by atoms with E-state index >= 15 is 0 Å². The van der Waals surface area contributed by atoms with Gasteiger partial charge in [0.15, 0.2) is 5.78 Å². The number of carbonyl (C=O) groups excluding carboxylic acids is 1. The number of aryl methyl sites for hydroxylation is 1. The van der Waals surface area contributed by atoms with Gasteiger partial charge in [-0.15, -0.1) is 0 Å². The number of rotatable bonds is 7. The Labute approximate surface area is 165 Å². The van der Waals surface area contributed by atoms with E-state index in [0.29, 0.717) is 6.61 Å². The van der Waals surface area contributed by atoms with Crippen molar-refractivity contribution >= 4 is 17.9 Å². The van der Waals surface area contributed by atoms with E-state index in [-0.39, 0.29) is 11.5 Å². The second kappa shape index (κ2) is 9.38. The van der Waals surface area contributed by atoms with E-state index < -0.39 is 0 Å². The van der Waals surface area contributed by atoms with Crippen LogP contribution in [0.15, 0.2) is 84.9 Å². The fourth-order valence-electron chi connectivity index (χ4n) is 2.64. The molecule has 0 aliphatic carbocycles. The monoisotopic (exact) mass is 370 g/mol. The van der Waals surface area contributed by atoms with Crippen molar-refractivity contribution in [2.24, 2.45) is 0 Å². The molecule has 0 aromatic heterocycles. The van der Waals surface area contributed by atoms with Crippen molar-refractivity contribution in [1.29, 1.82) is 0 Å². The number of para-hydroxylation sites is 1. The third kappa shape index (κ3) is 5.45.